The smallest absolute Gasteiger partial charge is 0.258 e. The molecule has 8 heteroatoms. The van der Waals surface area contributed by atoms with Crippen molar-refractivity contribution in [2.75, 3.05) is 45.8 Å². The van der Waals surface area contributed by atoms with Crippen LogP contribution in [-0.2, 0) is 11.3 Å². The molecule has 0 radical (unpaired) electrons. The Hall–Kier alpha value is -2.38. The molecule has 2 atom stereocenters. The summed E-state index contributed by atoms with van der Waals surface area (Å²) in [6.07, 6.45) is 1.19. The summed E-state index contributed by atoms with van der Waals surface area (Å²) in [5, 5.41) is 4.90. The molecule has 4 rings (SSSR count). The molecular weight excluding hydrogens is 438 g/mol. The quantitative estimate of drug-likeness (QED) is 0.672. The van der Waals surface area contributed by atoms with E-state index >= 15 is 0 Å². The van der Waals surface area contributed by atoms with Crippen molar-refractivity contribution in [3.05, 3.63) is 52.3 Å². The number of amides is 2. The third-order valence-corrected chi connectivity index (χ3v) is 7.08. The average molecular weight is 472 g/mol. The lowest BCUT2D eigenvalue weighted by Gasteiger charge is -2.38. The van der Waals surface area contributed by atoms with E-state index in [1.54, 1.807) is 4.68 Å². The molecule has 0 bridgehead atoms. The van der Waals surface area contributed by atoms with Gasteiger partial charge in [-0.1, -0.05) is 55.8 Å². The van der Waals surface area contributed by atoms with E-state index in [-0.39, 0.29) is 11.8 Å². The van der Waals surface area contributed by atoms with E-state index in [2.05, 4.69) is 23.8 Å². The molecule has 1 aromatic heterocycles. The van der Waals surface area contributed by atoms with Crippen molar-refractivity contribution in [3.8, 4) is 0 Å². The molecule has 0 aliphatic carbocycles. The third kappa shape index (κ3) is 5.58. The summed E-state index contributed by atoms with van der Waals surface area (Å²) in [5.41, 5.74) is 2.21. The maximum Gasteiger partial charge on any atom is 0.258 e. The number of hydrogen-bond acceptors (Lipinski definition) is 4. The highest BCUT2D eigenvalue weighted by Gasteiger charge is 2.30. The van der Waals surface area contributed by atoms with Gasteiger partial charge in [0.2, 0.25) is 5.91 Å². The molecule has 2 saturated heterocycles. The Bertz CT molecular complexity index is 974. The highest BCUT2D eigenvalue weighted by atomic mass is 35.5. The molecular formula is C25H34ClN5O2. The van der Waals surface area contributed by atoms with Gasteiger partial charge >= 0.3 is 0 Å². The lowest BCUT2D eigenvalue weighted by molar-refractivity contribution is -0.135. The van der Waals surface area contributed by atoms with Crippen LogP contribution in [0.5, 0.6) is 0 Å². The summed E-state index contributed by atoms with van der Waals surface area (Å²) in [6, 6.07) is 9.95. The van der Waals surface area contributed by atoms with Gasteiger partial charge < -0.3 is 9.80 Å². The van der Waals surface area contributed by atoms with Crippen molar-refractivity contribution in [3.63, 3.8) is 0 Å². The Kier molecular flexibility index (Phi) is 7.39. The fourth-order valence-electron chi connectivity index (χ4n) is 5.08. The molecule has 7 nitrogen and oxygen atoms in total. The van der Waals surface area contributed by atoms with Gasteiger partial charge in [0.25, 0.3) is 5.91 Å². The zero-order valence-corrected chi connectivity index (χ0v) is 20.6. The predicted octanol–water partition coefficient (Wildman–Crippen LogP) is 3.16. The minimum Gasteiger partial charge on any atom is -0.341 e. The number of piperazine rings is 1. The second-order valence-corrected chi connectivity index (χ2v) is 10.1. The number of piperidine rings is 1. The lowest BCUT2D eigenvalue weighted by atomic mass is 9.92. The first-order chi connectivity index (χ1) is 15.8. The molecule has 33 heavy (non-hydrogen) atoms. The highest BCUT2D eigenvalue weighted by molar-refractivity contribution is 6.33. The number of carbonyl (C=O) groups excluding carboxylic acids is 2. The van der Waals surface area contributed by atoms with Gasteiger partial charge in [-0.05, 0) is 30.7 Å². The van der Waals surface area contributed by atoms with Crippen molar-refractivity contribution in [2.45, 2.75) is 33.7 Å². The molecule has 2 aliphatic rings. The molecule has 2 fully saturated rings. The minimum absolute atomic E-state index is 0.0820. The number of nitrogens with zero attached hydrogens (tertiary/aromatic N) is 5. The molecule has 3 heterocycles. The molecule has 1 aromatic carbocycles. The van der Waals surface area contributed by atoms with Crippen LogP contribution in [0.1, 0.15) is 41.9 Å². The van der Waals surface area contributed by atoms with Crippen molar-refractivity contribution in [1.82, 2.24) is 24.5 Å². The SMILES string of the molecule is Cc1nn(Cc2ccccc2)c(Cl)c1C(=O)N1CCN(CC(=O)N2CC(C)CC(C)C2)CC1. The van der Waals surface area contributed by atoms with Crippen LogP contribution >= 0.6 is 11.6 Å². The van der Waals surface area contributed by atoms with Crippen molar-refractivity contribution >= 4 is 23.4 Å². The van der Waals surface area contributed by atoms with Crippen LogP contribution in [0.15, 0.2) is 30.3 Å². The van der Waals surface area contributed by atoms with E-state index in [9.17, 15) is 9.59 Å². The summed E-state index contributed by atoms with van der Waals surface area (Å²) in [6.45, 7) is 11.5. The molecule has 0 saturated carbocycles. The summed E-state index contributed by atoms with van der Waals surface area (Å²) in [7, 11) is 0. The fourth-order valence-corrected chi connectivity index (χ4v) is 5.40. The van der Waals surface area contributed by atoms with Crippen LogP contribution in [0.4, 0.5) is 0 Å². The Labute approximate surface area is 201 Å². The normalized spacial score (nSPS) is 21.9. The molecule has 2 aromatic rings. The zero-order chi connectivity index (χ0) is 23.5. The molecule has 2 unspecified atom stereocenters. The van der Waals surface area contributed by atoms with Gasteiger partial charge in [0.05, 0.1) is 24.3 Å². The van der Waals surface area contributed by atoms with Gasteiger partial charge in [-0.2, -0.15) is 5.10 Å². The minimum atomic E-state index is -0.0820. The Morgan fingerprint density at radius 3 is 2.27 bits per heavy atom. The third-order valence-electron chi connectivity index (χ3n) is 6.69. The van der Waals surface area contributed by atoms with Crippen LogP contribution in [-0.4, -0.2) is 82.1 Å². The highest BCUT2D eigenvalue weighted by Crippen LogP contribution is 2.24. The Morgan fingerprint density at radius 2 is 1.64 bits per heavy atom. The topological polar surface area (TPSA) is 61.7 Å². The second-order valence-electron chi connectivity index (χ2n) is 9.71. The van der Waals surface area contributed by atoms with Crippen molar-refractivity contribution in [2.24, 2.45) is 11.8 Å². The number of rotatable bonds is 5. The van der Waals surface area contributed by atoms with E-state index in [1.165, 1.54) is 6.42 Å². The molecule has 2 aliphatic heterocycles. The Balaban J connectivity index is 1.33. The summed E-state index contributed by atoms with van der Waals surface area (Å²) in [5.74, 6) is 1.24. The molecule has 0 spiro atoms. The summed E-state index contributed by atoms with van der Waals surface area (Å²) < 4.78 is 1.69. The van der Waals surface area contributed by atoms with Gasteiger partial charge in [0.15, 0.2) is 0 Å². The van der Waals surface area contributed by atoms with E-state index in [0.29, 0.717) is 67.5 Å². The van der Waals surface area contributed by atoms with E-state index in [4.69, 9.17) is 11.6 Å². The fraction of sp³-hybridized carbons (Fsp3) is 0.560. The lowest BCUT2D eigenvalue weighted by Crippen LogP contribution is -2.53. The van der Waals surface area contributed by atoms with Crippen molar-refractivity contribution in [1.29, 1.82) is 0 Å². The van der Waals surface area contributed by atoms with E-state index in [0.717, 1.165) is 18.7 Å². The maximum atomic E-state index is 13.3. The van der Waals surface area contributed by atoms with Crippen LogP contribution < -0.4 is 0 Å². The van der Waals surface area contributed by atoms with Crippen molar-refractivity contribution < 1.29 is 9.59 Å². The van der Waals surface area contributed by atoms with Crippen LogP contribution in [0.2, 0.25) is 5.15 Å². The maximum absolute atomic E-state index is 13.3. The summed E-state index contributed by atoms with van der Waals surface area (Å²) >= 11 is 6.59. The standard InChI is InChI=1S/C25H34ClN5O2/c1-18-13-19(2)15-30(14-18)22(32)17-28-9-11-29(12-10-28)25(33)23-20(3)27-31(24(23)26)16-21-7-5-4-6-8-21/h4-8,18-19H,9-17H2,1-3H3. The molecule has 0 N–H and O–H groups in total. The zero-order valence-electron chi connectivity index (χ0n) is 19.8. The van der Waals surface area contributed by atoms with Gasteiger partial charge in [-0.3, -0.25) is 14.5 Å². The first-order valence-electron chi connectivity index (χ1n) is 11.9. The van der Waals surface area contributed by atoms with Crippen LogP contribution in [0, 0.1) is 18.8 Å². The number of benzene rings is 1. The number of likely N-dealkylation sites (tertiary alicyclic amines) is 1. The monoisotopic (exact) mass is 471 g/mol. The number of carbonyl (C=O) groups is 2. The van der Waals surface area contributed by atoms with Crippen LogP contribution in [0.25, 0.3) is 0 Å². The predicted molar refractivity (Wildman–Crippen MR) is 129 cm³/mol. The number of aryl methyl sites for hydroxylation is 1. The number of aromatic nitrogens is 2. The van der Waals surface area contributed by atoms with Gasteiger partial charge in [0, 0.05) is 39.3 Å². The Morgan fingerprint density at radius 1 is 1.00 bits per heavy atom. The van der Waals surface area contributed by atoms with Crippen LogP contribution in [0.3, 0.4) is 0 Å². The molecule has 2 amide bonds. The second kappa shape index (κ2) is 10.3. The number of halogens is 1. The van der Waals surface area contributed by atoms with E-state index in [1.807, 2.05) is 47.1 Å². The average Bonchev–Trinajstić information content (AvgIpc) is 3.06. The number of hydrogen-bond donors (Lipinski definition) is 0. The first-order valence-corrected chi connectivity index (χ1v) is 12.3. The first kappa shape index (κ1) is 23.8. The van der Waals surface area contributed by atoms with Gasteiger partial charge in [-0.15, -0.1) is 0 Å². The van der Waals surface area contributed by atoms with Gasteiger partial charge in [-0.25, -0.2) is 4.68 Å². The summed E-state index contributed by atoms with van der Waals surface area (Å²) in [4.78, 5) is 32.1. The molecule has 178 valence electrons. The van der Waals surface area contributed by atoms with E-state index < -0.39 is 0 Å². The van der Waals surface area contributed by atoms with Gasteiger partial charge in [0.1, 0.15) is 5.15 Å². The largest absolute Gasteiger partial charge is 0.341 e.